The average Bonchev–Trinajstić information content (AvgIpc) is 2.62. The highest BCUT2D eigenvalue weighted by Gasteiger charge is 2.31. The quantitative estimate of drug-likeness (QED) is 0.842. The maximum absolute atomic E-state index is 13.1. The van der Waals surface area contributed by atoms with Crippen LogP contribution in [-0.2, 0) is 12.7 Å². The molecule has 2 N–H and O–H groups in total. The number of rotatable bonds is 2. The molecule has 1 heterocycles. The van der Waals surface area contributed by atoms with Gasteiger partial charge < -0.3 is 5.73 Å². The first-order valence-electron chi connectivity index (χ1n) is 5.00. The van der Waals surface area contributed by atoms with Crippen molar-refractivity contribution < 1.29 is 17.6 Å². The van der Waals surface area contributed by atoms with Crippen LogP contribution in [0.15, 0.2) is 30.5 Å². The van der Waals surface area contributed by atoms with Crippen molar-refractivity contribution in [2.24, 2.45) is 0 Å². The van der Waals surface area contributed by atoms with Gasteiger partial charge in [0.1, 0.15) is 11.6 Å². The molecule has 0 saturated heterocycles. The van der Waals surface area contributed by atoms with E-state index in [4.69, 9.17) is 5.73 Å². The first-order valence-corrected chi connectivity index (χ1v) is 5.00. The lowest BCUT2D eigenvalue weighted by atomic mass is 10.1. The Morgan fingerprint density at radius 3 is 2.50 bits per heavy atom. The molecule has 0 aliphatic rings. The lowest BCUT2D eigenvalue weighted by molar-refractivity contribution is -0.137. The second-order valence-corrected chi connectivity index (χ2v) is 3.76. The van der Waals surface area contributed by atoms with E-state index in [0.717, 1.165) is 12.1 Å². The van der Waals surface area contributed by atoms with Crippen LogP contribution in [0.5, 0.6) is 0 Å². The summed E-state index contributed by atoms with van der Waals surface area (Å²) < 4.78 is 51.9. The van der Waals surface area contributed by atoms with Crippen molar-refractivity contribution in [3.05, 3.63) is 47.4 Å². The van der Waals surface area contributed by atoms with Gasteiger partial charge in [0.2, 0.25) is 0 Å². The molecule has 3 nitrogen and oxygen atoms in total. The third kappa shape index (κ3) is 2.61. The second-order valence-electron chi connectivity index (χ2n) is 3.76. The molecule has 0 radical (unpaired) electrons. The molecule has 18 heavy (non-hydrogen) atoms. The number of halogens is 4. The molecule has 0 spiro atoms. The van der Waals surface area contributed by atoms with Gasteiger partial charge in [0.05, 0.1) is 18.3 Å². The number of anilines is 1. The molecule has 0 bridgehead atoms. The van der Waals surface area contributed by atoms with E-state index in [1.807, 2.05) is 0 Å². The van der Waals surface area contributed by atoms with Gasteiger partial charge in [-0.25, -0.2) is 9.07 Å². The van der Waals surface area contributed by atoms with Gasteiger partial charge in [-0.2, -0.15) is 18.3 Å². The Morgan fingerprint density at radius 1 is 1.22 bits per heavy atom. The van der Waals surface area contributed by atoms with E-state index in [2.05, 4.69) is 5.10 Å². The van der Waals surface area contributed by atoms with Crippen LogP contribution < -0.4 is 5.73 Å². The second kappa shape index (κ2) is 4.32. The Bertz CT molecular complexity index is 560. The Kier molecular flexibility index (Phi) is 2.98. The average molecular weight is 259 g/mol. The largest absolute Gasteiger partial charge is 0.416 e. The van der Waals surface area contributed by atoms with E-state index < -0.39 is 17.6 Å². The van der Waals surface area contributed by atoms with Crippen LogP contribution in [0.4, 0.5) is 23.4 Å². The SMILES string of the molecule is Nc1ccnn1Cc1cc(F)cc(C(F)(F)F)c1. The van der Waals surface area contributed by atoms with E-state index in [0.29, 0.717) is 11.9 Å². The third-order valence-corrected chi connectivity index (χ3v) is 2.37. The minimum atomic E-state index is -4.58. The lowest BCUT2D eigenvalue weighted by Crippen LogP contribution is -2.09. The van der Waals surface area contributed by atoms with Gasteiger partial charge in [0, 0.05) is 0 Å². The maximum Gasteiger partial charge on any atom is 0.416 e. The molecule has 7 heteroatoms. The van der Waals surface area contributed by atoms with Crippen molar-refractivity contribution in [3.63, 3.8) is 0 Å². The molecular formula is C11H9F4N3. The van der Waals surface area contributed by atoms with Gasteiger partial charge >= 0.3 is 6.18 Å². The number of benzene rings is 1. The topological polar surface area (TPSA) is 43.8 Å². The smallest absolute Gasteiger partial charge is 0.384 e. The third-order valence-electron chi connectivity index (χ3n) is 2.37. The van der Waals surface area contributed by atoms with Gasteiger partial charge in [0.25, 0.3) is 0 Å². The summed E-state index contributed by atoms with van der Waals surface area (Å²) in [6.07, 6.45) is -3.16. The van der Waals surface area contributed by atoms with Crippen molar-refractivity contribution in [2.45, 2.75) is 12.7 Å². The highest BCUT2D eigenvalue weighted by Crippen LogP contribution is 2.30. The summed E-state index contributed by atoms with van der Waals surface area (Å²) in [6.45, 7) is -0.0142. The highest BCUT2D eigenvalue weighted by atomic mass is 19.4. The predicted molar refractivity (Wildman–Crippen MR) is 57.1 cm³/mol. The monoisotopic (exact) mass is 259 g/mol. The van der Waals surface area contributed by atoms with Crippen molar-refractivity contribution in [1.29, 1.82) is 0 Å². The van der Waals surface area contributed by atoms with Gasteiger partial charge in [-0.15, -0.1) is 0 Å². The predicted octanol–water partition coefficient (Wildman–Crippen LogP) is 2.67. The highest BCUT2D eigenvalue weighted by molar-refractivity contribution is 5.30. The van der Waals surface area contributed by atoms with Crippen molar-refractivity contribution >= 4 is 5.82 Å². The van der Waals surface area contributed by atoms with E-state index in [1.54, 1.807) is 0 Å². The van der Waals surface area contributed by atoms with E-state index in [-0.39, 0.29) is 12.1 Å². The number of nitrogens with zero attached hydrogens (tertiary/aromatic N) is 2. The Morgan fingerprint density at radius 2 is 1.94 bits per heavy atom. The first kappa shape index (κ1) is 12.4. The molecule has 2 rings (SSSR count). The standard InChI is InChI=1S/C11H9F4N3/c12-9-4-7(3-8(5-9)11(13,14)15)6-18-10(16)1-2-17-18/h1-5H,6,16H2. The number of hydrogen-bond acceptors (Lipinski definition) is 2. The Labute approximate surface area is 99.8 Å². The number of aromatic nitrogens is 2. The molecule has 1 aromatic carbocycles. The van der Waals surface area contributed by atoms with Gasteiger partial charge in [0.15, 0.2) is 0 Å². The summed E-state index contributed by atoms with van der Waals surface area (Å²) in [5.41, 5.74) is 4.66. The number of alkyl halides is 3. The summed E-state index contributed by atoms with van der Waals surface area (Å²) in [4.78, 5) is 0. The Hall–Kier alpha value is -2.05. The zero-order valence-corrected chi connectivity index (χ0v) is 9.08. The van der Waals surface area contributed by atoms with E-state index in [9.17, 15) is 17.6 Å². The van der Waals surface area contributed by atoms with Crippen molar-refractivity contribution in [3.8, 4) is 0 Å². The van der Waals surface area contributed by atoms with Crippen molar-refractivity contribution in [2.75, 3.05) is 5.73 Å². The molecule has 0 amide bonds. The van der Waals surface area contributed by atoms with Gasteiger partial charge in [-0.1, -0.05) is 0 Å². The summed E-state index contributed by atoms with van der Waals surface area (Å²) in [5, 5.41) is 3.82. The Balaban J connectivity index is 2.35. The molecule has 0 aliphatic carbocycles. The summed E-state index contributed by atoms with van der Waals surface area (Å²) >= 11 is 0. The van der Waals surface area contributed by atoms with Crippen LogP contribution in [-0.4, -0.2) is 9.78 Å². The molecule has 0 atom stereocenters. The molecule has 0 unspecified atom stereocenters. The molecule has 0 saturated carbocycles. The van der Waals surface area contributed by atoms with E-state index >= 15 is 0 Å². The maximum atomic E-state index is 13.1. The molecule has 96 valence electrons. The zero-order chi connectivity index (χ0) is 13.3. The van der Waals surface area contributed by atoms with Crippen LogP contribution in [0.25, 0.3) is 0 Å². The zero-order valence-electron chi connectivity index (χ0n) is 9.08. The minimum Gasteiger partial charge on any atom is -0.384 e. The van der Waals surface area contributed by atoms with E-state index in [1.165, 1.54) is 16.9 Å². The fraction of sp³-hybridized carbons (Fsp3) is 0.182. The van der Waals surface area contributed by atoms with Gasteiger partial charge in [-0.05, 0) is 29.8 Å². The molecular weight excluding hydrogens is 250 g/mol. The summed E-state index contributed by atoms with van der Waals surface area (Å²) in [6, 6.07) is 3.86. The van der Waals surface area contributed by atoms with Crippen molar-refractivity contribution in [1.82, 2.24) is 9.78 Å². The van der Waals surface area contributed by atoms with Crippen LogP contribution in [0, 0.1) is 5.82 Å². The fourth-order valence-electron chi connectivity index (χ4n) is 1.55. The molecule has 0 aliphatic heterocycles. The molecule has 0 fully saturated rings. The lowest BCUT2D eigenvalue weighted by Gasteiger charge is -2.10. The van der Waals surface area contributed by atoms with Crippen LogP contribution in [0.2, 0.25) is 0 Å². The number of hydrogen-bond donors (Lipinski definition) is 1. The number of nitrogens with two attached hydrogens (primary N) is 1. The minimum absolute atomic E-state index is 0.0142. The fourth-order valence-corrected chi connectivity index (χ4v) is 1.55. The number of nitrogen functional groups attached to an aromatic ring is 1. The summed E-state index contributed by atoms with van der Waals surface area (Å²) in [5.74, 6) is -0.640. The normalized spacial score (nSPS) is 11.8. The molecule has 1 aromatic heterocycles. The summed E-state index contributed by atoms with van der Waals surface area (Å²) in [7, 11) is 0. The van der Waals surface area contributed by atoms with Crippen LogP contribution in [0.1, 0.15) is 11.1 Å². The van der Waals surface area contributed by atoms with Gasteiger partial charge in [-0.3, -0.25) is 0 Å². The molecule has 2 aromatic rings. The van der Waals surface area contributed by atoms with Crippen LogP contribution in [0.3, 0.4) is 0 Å². The first-order chi connectivity index (χ1) is 8.36. The van der Waals surface area contributed by atoms with Crippen LogP contribution >= 0.6 is 0 Å².